The van der Waals surface area contributed by atoms with Crippen LogP contribution in [0.1, 0.15) is 33.4 Å². The number of aryl methyl sites for hydroxylation is 3. The molecule has 1 N–H and O–H groups in total. The third-order valence-corrected chi connectivity index (χ3v) is 7.20. The van der Waals surface area contributed by atoms with Gasteiger partial charge in [-0.15, -0.1) is 0 Å². The standard InChI is InChI=1S/C34H29ClN2O5/c1-21-4-7-24(8-5-21)19-41-29-13-11-28(12-14-29)37-33(39)30(32(38)36-34(37)40)18-26-17-27(35)10-15-31(26)42-20-25-9-6-22(2)23(3)16-25/h4-18H,19-20H2,1-3H3,(H,36,38,40)/b30-18+. The van der Waals surface area contributed by atoms with E-state index < -0.39 is 17.8 Å². The number of ether oxygens (including phenoxy) is 2. The van der Waals surface area contributed by atoms with E-state index in [0.29, 0.717) is 28.7 Å². The van der Waals surface area contributed by atoms with Crippen LogP contribution in [-0.2, 0) is 22.8 Å². The zero-order valence-corrected chi connectivity index (χ0v) is 24.2. The molecule has 1 saturated heterocycles. The molecule has 1 heterocycles. The maximum atomic E-state index is 13.5. The molecule has 0 saturated carbocycles. The molecule has 4 aromatic carbocycles. The van der Waals surface area contributed by atoms with Gasteiger partial charge in [-0.05, 0) is 91.6 Å². The predicted octanol–water partition coefficient (Wildman–Crippen LogP) is 7.09. The molecule has 212 valence electrons. The largest absolute Gasteiger partial charge is 0.489 e. The summed E-state index contributed by atoms with van der Waals surface area (Å²) in [5.74, 6) is -0.568. The molecular formula is C34H29ClN2O5. The van der Waals surface area contributed by atoms with Gasteiger partial charge in [0.1, 0.15) is 30.3 Å². The number of urea groups is 1. The molecule has 0 aromatic heterocycles. The van der Waals surface area contributed by atoms with Crippen molar-refractivity contribution in [2.45, 2.75) is 34.0 Å². The molecule has 5 rings (SSSR count). The first-order chi connectivity index (χ1) is 20.2. The Kier molecular flexibility index (Phi) is 8.41. The summed E-state index contributed by atoms with van der Waals surface area (Å²) >= 11 is 6.25. The van der Waals surface area contributed by atoms with Gasteiger partial charge in [0.2, 0.25) is 0 Å². The zero-order valence-electron chi connectivity index (χ0n) is 23.4. The number of carbonyl (C=O) groups excluding carboxylic acids is 3. The highest BCUT2D eigenvalue weighted by molar-refractivity contribution is 6.39. The Morgan fingerprint density at radius 3 is 2.17 bits per heavy atom. The number of hydrogen-bond acceptors (Lipinski definition) is 5. The average molecular weight is 581 g/mol. The summed E-state index contributed by atoms with van der Waals surface area (Å²) in [6.45, 7) is 6.74. The molecule has 7 nitrogen and oxygen atoms in total. The van der Waals surface area contributed by atoms with Crippen LogP contribution in [0.2, 0.25) is 5.02 Å². The van der Waals surface area contributed by atoms with E-state index in [1.165, 1.54) is 11.6 Å². The number of rotatable bonds is 8. The van der Waals surface area contributed by atoms with E-state index in [4.69, 9.17) is 21.1 Å². The lowest BCUT2D eigenvalue weighted by atomic mass is 10.1. The van der Waals surface area contributed by atoms with Gasteiger partial charge in [-0.3, -0.25) is 14.9 Å². The highest BCUT2D eigenvalue weighted by atomic mass is 35.5. The minimum atomic E-state index is -0.840. The molecule has 1 aliphatic rings. The van der Waals surface area contributed by atoms with Gasteiger partial charge in [-0.2, -0.15) is 0 Å². The monoisotopic (exact) mass is 580 g/mol. The Morgan fingerprint density at radius 1 is 0.762 bits per heavy atom. The van der Waals surface area contributed by atoms with E-state index in [0.717, 1.165) is 27.2 Å². The number of benzene rings is 4. The number of barbiturate groups is 1. The van der Waals surface area contributed by atoms with Crippen molar-refractivity contribution >= 4 is 41.2 Å². The number of imide groups is 2. The quantitative estimate of drug-likeness (QED) is 0.178. The van der Waals surface area contributed by atoms with Gasteiger partial charge in [0, 0.05) is 10.6 Å². The van der Waals surface area contributed by atoms with Crippen LogP contribution in [0, 0.1) is 20.8 Å². The number of nitrogens with zero attached hydrogens (tertiary/aromatic N) is 1. The first-order valence-corrected chi connectivity index (χ1v) is 13.7. The topological polar surface area (TPSA) is 84.9 Å². The fourth-order valence-electron chi connectivity index (χ4n) is 4.41. The molecule has 1 fully saturated rings. The fourth-order valence-corrected chi connectivity index (χ4v) is 4.59. The third-order valence-electron chi connectivity index (χ3n) is 6.96. The molecular weight excluding hydrogens is 552 g/mol. The maximum absolute atomic E-state index is 13.5. The molecule has 4 aromatic rings. The fraction of sp³-hybridized carbons (Fsp3) is 0.147. The minimum Gasteiger partial charge on any atom is -0.489 e. The normalized spacial score (nSPS) is 14.2. The van der Waals surface area contributed by atoms with E-state index in [-0.39, 0.29) is 17.9 Å². The first kappa shape index (κ1) is 28.6. The van der Waals surface area contributed by atoms with Crippen LogP contribution in [-0.4, -0.2) is 17.8 Å². The minimum absolute atomic E-state index is 0.229. The molecule has 42 heavy (non-hydrogen) atoms. The molecule has 0 aliphatic carbocycles. The molecule has 1 aliphatic heterocycles. The van der Waals surface area contributed by atoms with E-state index in [2.05, 4.69) is 5.32 Å². The lowest BCUT2D eigenvalue weighted by Crippen LogP contribution is -2.54. The van der Waals surface area contributed by atoms with E-state index >= 15 is 0 Å². The van der Waals surface area contributed by atoms with Crippen molar-refractivity contribution in [2.24, 2.45) is 0 Å². The molecule has 0 spiro atoms. The number of amides is 4. The summed E-state index contributed by atoms with van der Waals surface area (Å²) in [6.07, 6.45) is 1.39. The Hall–Kier alpha value is -4.88. The van der Waals surface area contributed by atoms with Crippen molar-refractivity contribution in [1.29, 1.82) is 0 Å². The lowest BCUT2D eigenvalue weighted by molar-refractivity contribution is -0.122. The number of hydrogen-bond donors (Lipinski definition) is 1. The van der Waals surface area contributed by atoms with Crippen LogP contribution in [0.15, 0.2) is 90.5 Å². The average Bonchev–Trinajstić information content (AvgIpc) is 2.97. The van der Waals surface area contributed by atoms with Crippen LogP contribution in [0.4, 0.5) is 10.5 Å². The summed E-state index contributed by atoms with van der Waals surface area (Å²) < 4.78 is 11.9. The highest BCUT2D eigenvalue weighted by Gasteiger charge is 2.37. The SMILES string of the molecule is Cc1ccc(COc2ccc(N3C(=O)NC(=O)/C(=C\c4cc(Cl)ccc4OCc4ccc(C)c(C)c4)C3=O)cc2)cc1. The highest BCUT2D eigenvalue weighted by Crippen LogP contribution is 2.29. The third kappa shape index (κ3) is 6.53. The second-order valence-electron chi connectivity index (χ2n) is 10.1. The van der Waals surface area contributed by atoms with Crippen molar-refractivity contribution in [3.8, 4) is 11.5 Å². The summed E-state index contributed by atoms with van der Waals surface area (Å²) in [7, 11) is 0. The Morgan fingerprint density at radius 2 is 1.45 bits per heavy atom. The van der Waals surface area contributed by atoms with Crippen molar-refractivity contribution in [1.82, 2.24) is 5.32 Å². The summed E-state index contributed by atoms with van der Waals surface area (Å²) in [5.41, 5.74) is 5.97. The van der Waals surface area contributed by atoms with Gasteiger partial charge in [0.25, 0.3) is 11.8 Å². The van der Waals surface area contributed by atoms with Crippen molar-refractivity contribution in [2.75, 3.05) is 4.90 Å². The molecule has 0 unspecified atom stereocenters. The van der Waals surface area contributed by atoms with E-state index in [9.17, 15) is 14.4 Å². The summed E-state index contributed by atoms with van der Waals surface area (Å²) in [4.78, 5) is 39.9. The van der Waals surface area contributed by atoms with Gasteiger partial charge in [0.15, 0.2) is 0 Å². The number of anilines is 1. The molecule has 0 bridgehead atoms. The molecule has 4 amide bonds. The van der Waals surface area contributed by atoms with E-state index in [1.54, 1.807) is 42.5 Å². The van der Waals surface area contributed by atoms with Gasteiger partial charge in [-0.25, -0.2) is 9.69 Å². The van der Waals surface area contributed by atoms with Crippen molar-refractivity contribution < 1.29 is 23.9 Å². The summed E-state index contributed by atoms with van der Waals surface area (Å²) in [6, 6.07) is 24.7. The van der Waals surface area contributed by atoms with Gasteiger partial charge in [0.05, 0.1) is 5.69 Å². The lowest BCUT2D eigenvalue weighted by Gasteiger charge is -2.26. The van der Waals surface area contributed by atoms with Gasteiger partial charge < -0.3 is 9.47 Å². The Labute approximate surface area is 249 Å². The van der Waals surface area contributed by atoms with Crippen LogP contribution in [0.5, 0.6) is 11.5 Å². The number of nitrogens with one attached hydrogen (secondary N) is 1. The zero-order chi connectivity index (χ0) is 29.8. The van der Waals surface area contributed by atoms with Crippen LogP contribution >= 0.6 is 11.6 Å². The maximum Gasteiger partial charge on any atom is 0.335 e. The number of halogens is 1. The van der Waals surface area contributed by atoms with Crippen LogP contribution in [0.3, 0.4) is 0 Å². The predicted molar refractivity (Wildman–Crippen MR) is 163 cm³/mol. The van der Waals surface area contributed by atoms with E-state index in [1.807, 2.05) is 63.2 Å². The Balaban J connectivity index is 1.35. The number of carbonyl (C=O) groups is 3. The molecule has 0 radical (unpaired) electrons. The summed E-state index contributed by atoms with van der Waals surface area (Å²) in [5, 5.41) is 2.65. The second kappa shape index (κ2) is 12.3. The van der Waals surface area contributed by atoms with Gasteiger partial charge in [-0.1, -0.05) is 59.6 Å². The molecule has 8 heteroatoms. The van der Waals surface area contributed by atoms with Crippen LogP contribution < -0.4 is 19.7 Å². The Bertz CT molecular complexity index is 1690. The molecule has 0 atom stereocenters. The van der Waals surface area contributed by atoms with Gasteiger partial charge >= 0.3 is 6.03 Å². The van der Waals surface area contributed by atoms with Crippen LogP contribution in [0.25, 0.3) is 6.08 Å². The van der Waals surface area contributed by atoms with Crippen molar-refractivity contribution in [3.05, 3.63) is 129 Å². The first-order valence-electron chi connectivity index (χ1n) is 13.4. The smallest absolute Gasteiger partial charge is 0.335 e. The second-order valence-corrected chi connectivity index (χ2v) is 10.6. The van der Waals surface area contributed by atoms with Crippen molar-refractivity contribution in [3.63, 3.8) is 0 Å².